The fourth-order valence-electron chi connectivity index (χ4n) is 2.16. The van der Waals surface area contributed by atoms with Crippen molar-refractivity contribution >= 4 is 22.8 Å². The van der Waals surface area contributed by atoms with Gasteiger partial charge in [0.25, 0.3) is 5.91 Å². The Kier molecular flexibility index (Phi) is 2.58. The molecule has 0 unspecified atom stereocenters. The summed E-state index contributed by atoms with van der Waals surface area (Å²) >= 11 is 0. The minimum Gasteiger partial charge on any atom is -0.365 e. The van der Waals surface area contributed by atoms with Gasteiger partial charge < -0.3 is 10.6 Å². The van der Waals surface area contributed by atoms with E-state index in [0.29, 0.717) is 23.6 Å². The molecule has 5 heteroatoms. The van der Waals surface area contributed by atoms with Gasteiger partial charge in [-0.2, -0.15) is 0 Å². The van der Waals surface area contributed by atoms with Crippen LogP contribution in [-0.4, -0.2) is 28.0 Å². The molecule has 0 saturated heterocycles. The number of fused-ring (bicyclic) bond motifs is 1. The van der Waals surface area contributed by atoms with Crippen LogP contribution in [0.1, 0.15) is 36.2 Å². The fraction of sp³-hybridized carbons (Fsp3) is 0.400. The van der Waals surface area contributed by atoms with Crippen LogP contribution >= 0.6 is 0 Å². The Balaban J connectivity index is 1.75. The van der Waals surface area contributed by atoms with Gasteiger partial charge in [-0.15, -0.1) is 0 Å². The van der Waals surface area contributed by atoms with Crippen LogP contribution in [0.2, 0.25) is 0 Å². The molecule has 0 aliphatic heterocycles. The summed E-state index contributed by atoms with van der Waals surface area (Å²) in [5, 5.41) is 6.30. The van der Waals surface area contributed by atoms with Crippen LogP contribution in [0.25, 0.3) is 11.0 Å². The zero-order valence-electron chi connectivity index (χ0n) is 11.1. The van der Waals surface area contributed by atoms with Crippen LogP contribution in [0.4, 0.5) is 5.82 Å². The number of aromatic nitrogens is 2. The van der Waals surface area contributed by atoms with Crippen molar-refractivity contribution < 1.29 is 4.79 Å². The van der Waals surface area contributed by atoms with Crippen molar-refractivity contribution in [2.45, 2.75) is 37.8 Å². The monoisotopic (exact) mass is 268 g/mol. The van der Waals surface area contributed by atoms with E-state index in [1.807, 2.05) is 24.3 Å². The fourth-order valence-corrected chi connectivity index (χ4v) is 2.16. The summed E-state index contributed by atoms with van der Waals surface area (Å²) < 4.78 is 0. The minimum absolute atomic E-state index is 0.117. The highest BCUT2D eigenvalue weighted by atomic mass is 16.2. The third-order valence-electron chi connectivity index (χ3n) is 3.62. The van der Waals surface area contributed by atoms with Gasteiger partial charge in [0.2, 0.25) is 0 Å². The smallest absolute Gasteiger partial charge is 0.273 e. The minimum atomic E-state index is -0.117. The molecule has 0 spiro atoms. The van der Waals surface area contributed by atoms with E-state index in [0.717, 1.165) is 36.7 Å². The van der Waals surface area contributed by atoms with E-state index in [2.05, 4.69) is 20.6 Å². The first-order chi connectivity index (χ1) is 9.79. The van der Waals surface area contributed by atoms with E-state index in [9.17, 15) is 4.79 Å². The number of carbonyl (C=O) groups is 1. The van der Waals surface area contributed by atoms with Crippen LogP contribution in [0.3, 0.4) is 0 Å². The SMILES string of the molecule is O=C(NC1CC1)c1nc2ccccc2nc1NC1CC1. The Labute approximate surface area is 116 Å². The average Bonchev–Trinajstić information content (AvgIpc) is 3.34. The summed E-state index contributed by atoms with van der Waals surface area (Å²) in [5.41, 5.74) is 2.00. The van der Waals surface area contributed by atoms with Crippen LogP contribution in [0, 0.1) is 0 Å². The van der Waals surface area contributed by atoms with Gasteiger partial charge in [-0.1, -0.05) is 12.1 Å². The Bertz CT molecular complexity index is 677. The molecule has 2 fully saturated rings. The van der Waals surface area contributed by atoms with Crippen LogP contribution in [-0.2, 0) is 0 Å². The summed E-state index contributed by atoms with van der Waals surface area (Å²) in [6.45, 7) is 0. The number of para-hydroxylation sites is 2. The third kappa shape index (κ3) is 2.31. The highest BCUT2D eigenvalue weighted by molar-refractivity contribution is 5.99. The van der Waals surface area contributed by atoms with Crippen molar-refractivity contribution in [3.05, 3.63) is 30.0 Å². The normalized spacial score (nSPS) is 18.0. The third-order valence-corrected chi connectivity index (χ3v) is 3.62. The van der Waals surface area contributed by atoms with Crippen molar-refractivity contribution in [2.24, 2.45) is 0 Å². The number of carbonyl (C=O) groups excluding carboxylic acids is 1. The van der Waals surface area contributed by atoms with Gasteiger partial charge in [0.15, 0.2) is 11.5 Å². The second-order valence-corrected chi connectivity index (χ2v) is 5.58. The number of benzene rings is 1. The number of amides is 1. The number of rotatable bonds is 4. The number of hydrogen-bond donors (Lipinski definition) is 2. The zero-order valence-corrected chi connectivity index (χ0v) is 11.1. The molecule has 1 aromatic carbocycles. The lowest BCUT2D eigenvalue weighted by Crippen LogP contribution is -2.28. The Morgan fingerprint density at radius 1 is 1.00 bits per heavy atom. The summed E-state index contributed by atoms with van der Waals surface area (Å²) in [5.74, 6) is 0.498. The molecule has 2 aliphatic rings. The molecular weight excluding hydrogens is 252 g/mol. The molecule has 0 atom stereocenters. The van der Waals surface area contributed by atoms with E-state index in [4.69, 9.17) is 0 Å². The molecule has 2 aromatic rings. The first kappa shape index (κ1) is 11.6. The second kappa shape index (κ2) is 4.44. The van der Waals surface area contributed by atoms with E-state index in [1.165, 1.54) is 0 Å². The summed E-state index contributed by atoms with van der Waals surface area (Å²) in [6, 6.07) is 8.41. The standard InChI is InChI=1S/C15H16N4O/c20-15(17-10-7-8-10)13-14(16-9-5-6-9)19-12-4-2-1-3-11(12)18-13/h1-4,9-10H,5-8H2,(H,16,19)(H,17,20). The number of nitrogens with zero attached hydrogens (tertiary/aromatic N) is 2. The Morgan fingerprint density at radius 3 is 2.30 bits per heavy atom. The maximum atomic E-state index is 12.3. The van der Waals surface area contributed by atoms with Crippen molar-refractivity contribution in [1.29, 1.82) is 0 Å². The molecule has 5 nitrogen and oxygen atoms in total. The molecule has 1 aromatic heterocycles. The van der Waals surface area contributed by atoms with Gasteiger partial charge in [-0.05, 0) is 37.8 Å². The molecule has 0 bridgehead atoms. The van der Waals surface area contributed by atoms with E-state index >= 15 is 0 Å². The Morgan fingerprint density at radius 2 is 1.65 bits per heavy atom. The van der Waals surface area contributed by atoms with Gasteiger partial charge >= 0.3 is 0 Å². The van der Waals surface area contributed by atoms with Crippen LogP contribution < -0.4 is 10.6 Å². The molecule has 102 valence electrons. The van der Waals surface area contributed by atoms with Gasteiger partial charge in [-0.25, -0.2) is 9.97 Å². The quantitative estimate of drug-likeness (QED) is 0.891. The number of nitrogens with one attached hydrogen (secondary N) is 2. The van der Waals surface area contributed by atoms with E-state index in [-0.39, 0.29) is 5.91 Å². The first-order valence-corrected chi connectivity index (χ1v) is 7.14. The van der Waals surface area contributed by atoms with Gasteiger partial charge in [0.05, 0.1) is 11.0 Å². The molecule has 0 radical (unpaired) electrons. The Hall–Kier alpha value is -2.17. The van der Waals surface area contributed by atoms with Crippen molar-refractivity contribution in [3.8, 4) is 0 Å². The maximum absolute atomic E-state index is 12.3. The maximum Gasteiger partial charge on any atom is 0.273 e. The topological polar surface area (TPSA) is 66.9 Å². The zero-order chi connectivity index (χ0) is 13.5. The number of anilines is 1. The predicted molar refractivity (Wildman–Crippen MR) is 76.7 cm³/mol. The lowest BCUT2D eigenvalue weighted by atomic mass is 10.2. The van der Waals surface area contributed by atoms with Gasteiger partial charge in [0, 0.05) is 12.1 Å². The van der Waals surface area contributed by atoms with E-state index < -0.39 is 0 Å². The highest BCUT2D eigenvalue weighted by Crippen LogP contribution is 2.27. The molecule has 2 N–H and O–H groups in total. The van der Waals surface area contributed by atoms with Crippen molar-refractivity contribution in [3.63, 3.8) is 0 Å². The van der Waals surface area contributed by atoms with Crippen molar-refractivity contribution in [1.82, 2.24) is 15.3 Å². The largest absolute Gasteiger partial charge is 0.365 e. The molecule has 2 aliphatic carbocycles. The summed E-state index contributed by atoms with van der Waals surface area (Å²) in [7, 11) is 0. The molecule has 1 heterocycles. The van der Waals surface area contributed by atoms with Crippen LogP contribution in [0.15, 0.2) is 24.3 Å². The number of hydrogen-bond acceptors (Lipinski definition) is 4. The second-order valence-electron chi connectivity index (χ2n) is 5.58. The van der Waals surface area contributed by atoms with Gasteiger partial charge in [0.1, 0.15) is 0 Å². The average molecular weight is 268 g/mol. The molecular formula is C15H16N4O. The molecule has 4 rings (SSSR count). The van der Waals surface area contributed by atoms with E-state index in [1.54, 1.807) is 0 Å². The first-order valence-electron chi connectivity index (χ1n) is 7.14. The highest BCUT2D eigenvalue weighted by Gasteiger charge is 2.28. The molecule has 1 amide bonds. The summed E-state index contributed by atoms with van der Waals surface area (Å²) in [6.07, 6.45) is 4.41. The molecule has 2 saturated carbocycles. The predicted octanol–water partition coefficient (Wildman–Crippen LogP) is 2.10. The van der Waals surface area contributed by atoms with Gasteiger partial charge in [-0.3, -0.25) is 4.79 Å². The lowest BCUT2D eigenvalue weighted by molar-refractivity contribution is 0.0947. The summed E-state index contributed by atoms with van der Waals surface area (Å²) in [4.78, 5) is 21.4. The molecule has 20 heavy (non-hydrogen) atoms. The van der Waals surface area contributed by atoms with Crippen LogP contribution in [0.5, 0.6) is 0 Å². The lowest BCUT2D eigenvalue weighted by Gasteiger charge is -2.11. The van der Waals surface area contributed by atoms with Crippen molar-refractivity contribution in [2.75, 3.05) is 5.32 Å².